The van der Waals surface area contributed by atoms with E-state index >= 15 is 0 Å². The number of halogens is 2. The quantitative estimate of drug-likeness (QED) is 0.745. The zero-order valence-corrected chi connectivity index (χ0v) is 12.8. The molecule has 0 aliphatic heterocycles. The zero-order chi connectivity index (χ0) is 14.3. The van der Waals surface area contributed by atoms with Crippen LogP contribution in [-0.2, 0) is 15.1 Å². The summed E-state index contributed by atoms with van der Waals surface area (Å²) < 4.78 is 10.8. The fourth-order valence-electron chi connectivity index (χ4n) is 2.08. The van der Waals surface area contributed by atoms with E-state index in [4.69, 9.17) is 32.7 Å². The molecule has 3 nitrogen and oxygen atoms in total. The van der Waals surface area contributed by atoms with Gasteiger partial charge in [0, 0.05) is 22.7 Å². The van der Waals surface area contributed by atoms with Gasteiger partial charge in [-0.1, -0.05) is 42.6 Å². The molecule has 1 aromatic rings. The molecule has 0 bridgehead atoms. The molecule has 0 radical (unpaired) electrons. The highest BCUT2D eigenvalue weighted by Gasteiger charge is 2.33. The molecular formula is C14H20Cl2O3. The van der Waals surface area contributed by atoms with Crippen molar-refractivity contribution in [2.45, 2.75) is 25.4 Å². The Morgan fingerprint density at radius 2 is 2.00 bits per heavy atom. The van der Waals surface area contributed by atoms with Crippen molar-refractivity contribution < 1.29 is 14.6 Å². The molecule has 1 N–H and O–H groups in total. The van der Waals surface area contributed by atoms with Crippen LogP contribution in [0.2, 0.25) is 10.0 Å². The number of benzene rings is 1. The normalized spacial score (nSPS) is 14.4. The summed E-state index contributed by atoms with van der Waals surface area (Å²) in [6.07, 6.45) is 1.54. The van der Waals surface area contributed by atoms with Crippen LogP contribution in [-0.4, -0.2) is 32.0 Å². The highest BCUT2D eigenvalue weighted by Crippen LogP contribution is 2.36. The van der Waals surface area contributed by atoms with Gasteiger partial charge >= 0.3 is 0 Å². The average molecular weight is 307 g/mol. The third kappa shape index (κ3) is 4.33. The van der Waals surface area contributed by atoms with Gasteiger partial charge in [-0.25, -0.2) is 0 Å². The van der Waals surface area contributed by atoms with Gasteiger partial charge in [0.25, 0.3) is 0 Å². The fourth-order valence-corrected chi connectivity index (χ4v) is 2.66. The van der Waals surface area contributed by atoms with Crippen LogP contribution in [0.15, 0.2) is 18.2 Å². The minimum atomic E-state index is -0.797. The molecule has 0 spiro atoms. The lowest BCUT2D eigenvalue weighted by atomic mass is 9.89. The van der Waals surface area contributed by atoms with Crippen molar-refractivity contribution in [1.82, 2.24) is 0 Å². The summed E-state index contributed by atoms with van der Waals surface area (Å²) >= 11 is 12.1. The van der Waals surface area contributed by atoms with E-state index in [1.165, 1.54) is 0 Å². The first-order valence-corrected chi connectivity index (χ1v) is 7.04. The second-order valence-electron chi connectivity index (χ2n) is 4.37. The van der Waals surface area contributed by atoms with Crippen LogP contribution in [0.4, 0.5) is 0 Å². The molecular weight excluding hydrogens is 287 g/mol. The van der Waals surface area contributed by atoms with Crippen LogP contribution >= 0.6 is 23.2 Å². The summed E-state index contributed by atoms with van der Waals surface area (Å²) in [5.41, 5.74) is -0.0337. The molecule has 0 saturated heterocycles. The van der Waals surface area contributed by atoms with E-state index in [0.29, 0.717) is 29.7 Å². The molecule has 0 saturated carbocycles. The van der Waals surface area contributed by atoms with E-state index in [1.807, 2.05) is 13.0 Å². The van der Waals surface area contributed by atoms with Crippen LogP contribution in [0.25, 0.3) is 0 Å². The molecule has 1 aromatic carbocycles. The summed E-state index contributed by atoms with van der Waals surface area (Å²) in [4.78, 5) is 0. The molecule has 0 heterocycles. The summed E-state index contributed by atoms with van der Waals surface area (Å²) in [6.45, 7) is 2.77. The Hall–Kier alpha value is -0.320. The Morgan fingerprint density at radius 1 is 1.26 bits per heavy atom. The third-order valence-electron chi connectivity index (χ3n) is 3.00. The van der Waals surface area contributed by atoms with Crippen LogP contribution < -0.4 is 0 Å². The molecule has 1 unspecified atom stereocenters. The number of aliphatic hydroxyl groups excluding tert-OH is 1. The topological polar surface area (TPSA) is 38.7 Å². The molecule has 0 aromatic heterocycles. The van der Waals surface area contributed by atoms with Gasteiger partial charge in [-0.3, -0.25) is 0 Å². The second-order valence-corrected chi connectivity index (χ2v) is 5.21. The summed E-state index contributed by atoms with van der Waals surface area (Å²) in [6, 6.07) is 5.23. The van der Waals surface area contributed by atoms with Gasteiger partial charge in [0.15, 0.2) is 0 Å². The molecule has 0 amide bonds. The third-order valence-corrected chi connectivity index (χ3v) is 3.54. The van der Waals surface area contributed by atoms with Gasteiger partial charge in [-0.15, -0.1) is 0 Å². The van der Waals surface area contributed by atoms with Crippen LogP contribution in [0.5, 0.6) is 0 Å². The van der Waals surface area contributed by atoms with Gasteiger partial charge < -0.3 is 14.6 Å². The van der Waals surface area contributed by atoms with Crippen LogP contribution in [0.1, 0.15) is 25.3 Å². The predicted molar refractivity (Wildman–Crippen MR) is 78.0 cm³/mol. The van der Waals surface area contributed by atoms with Crippen molar-refractivity contribution in [2.24, 2.45) is 0 Å². The van der Waals surface area contributed by atoms with Gasteiger partial charge in [0.1, 0.15) is 5.60 Å². The number of ether oxygens (including phenoxy) is 2. The molecule has 19 heavy (non-hydrogen) atoms. The number of rotatable bonds is 8. The highest BCUT2D eigenvalue weighted by atomic mass is 35.5. The SMILES string of the molecule is CCCC(CO)(OCCOC)c1ccc(Cl)cc1Cl. The van der Waals surface area contributed by atoms with Crippen LogP contribution in [0, 0.1) is 0 Å². The highest BCUT2D eigenvalue weighted by molar-refractivity contribution is 6.35. The van der Waals surface area contributed by atoms with E-state index < -0.39 is 5.60 Å². The summed E-state index contributed by atoms with van der Waals surface area (Å²) in [5, 5.41) is 10.9. The van der Waals surface area contributed by atoms with Crippen molar-refractivity contribution in [3.8, 4) is 0 Å². The summed E-state index contributed by atoms with van der Waals surface area (Å²) in [7, 11) is 1.61. The second kappa shape index (κ2) is 8.08. The van der Waals surface area contributed by atoms with Crippen molar-refractivity contribution in [2.75, 3.05) is 26.9 Å². The van der Waals surface area contributed by atoms with Crippen molar-refractivity contribution in [3.63, 3.8) is 0 Å². The molecule has 5 heteroatoms. The Morgan fingerprint density at radius 3 is 2.53 bits per heavy atom. The van der Waals surface area contributed by atoms with E-state index in [9.17, 15) is 5.11 Å². The molecule has 0 fully saturated rings. The number of hydrogen-bond donors (Lipinski definition) is 1. The van der Waals surface area contributed by atoms with Gasteiger partial charge in [-0.2, -0.15) is 0 Å². The maximum absolute atomic E-state index is 9.80. The summed E-state index contributed by atoms with van der Waals surface area (Å²) in [5.74, 6) is 0. The minimum Gasteiger partial charge on any atom is -0.393 e. The van der Waals surface area contributed by atoms with Gasteiger partial charge in [0.05, 0.1) is 19.8 Å². The first-order chi connectivity index (χ1) is 9.09. The standard InChI is InChI=1S/C14H20Cl2O3/c1-3-6-14(10-17,19-8-7-18-2)12-5-4-11(15)9-13(12)16/h4-5,9,17H,3,6-8,10H2,1-2H3. The maximum atomic E-state index is 9.80. The molecule has 108 valence electrons. The van der Waals surface area contributed by atoms with E-state index in [1.54, 1.807) is 19.2 Å². The average Bonchev–Trinajstić information content (AvgIpc) is 2.38. The predicted octanol–water partition coefficient (Wildman–Crippen LogP) is 3.64. The number of methoxy groups -OCH3 is 1. The van der Waals surface area contributed by atoms with E-state index in [0.717, 1.165) is 12.0 Å². The number of aliphatic hydroxyl groups is 1. The van der Waals surface area contributed by atoms with Crippen molar-refractivity contribution in [3.05, 3.63) is 33.8 Å². The lowest BCUT2D eigenvalue weighted by molar-refractivity contribution is -0.103. The zero-order valence-electron chi connectivity index (χ0n) is 11.3. The lowest BCUT2D eigenvalue weighted by Gasteiger charge is -2.33. The Bertz CT molecular complexity index is 398. The van der Waals surface area contributed by atoms with Gasteiger partial charge in [0.2, 0.25) is 0 Å². The van der Waals surface area contributed by atoms with E-state index in [2.05, 4.69) is 0 Å². The monoisotopic (exact) mass is 306 g/mol. The molecule has 1 rings (SSSR count). The molecule has 0 aliphatic carbocycles. The Balaban J connectivity index is 3.05. The lowest BCUT2D eigenvalue weighted by Crippen LogP contribution is -2.35. The van der Waals surface area contributed by atoms with E-state index in [-0.39, 0.29) is 6.61 Å². The first-order valence-electron chi connectivity index (χ1n) is 6.29. The number of hydrogen-bond acceptors (Lipinski definition) is 3. The largest absolute Gasteiger partial charge is 0.393 e. The first kappa shape index (κ1) is 16.7. The van der Waals surface area contributed by atoms with Crippen LogP contribution in [0.3, 0.4) is 0 Å². The van der Waals surface area contributed by atoms with Gasteiger partial charge in [-0.05, 0) is 18.6 Å². The molecule has 0 aliphatic rings. The smallest absolute Gasteiger partial charge is 0.118 e. The fraction of sp³-hybridized carbons (Fsp3) is 0.571. The minimum absolute atomic E-state index is 0.133. The van der Waals surface area contributed by atoms with Crippen molar-refractivity contribution in [1.29, 1.82) is 0 Å². The van der Waals surface area contributed by atoms with Crippen molar-refractivity contribution >= 4 is 23.2 Å². The maximum Gasteiger partial charge on any atom is 0.118 e. The Labute approximate surface area is 124 Å². The Kier molecular flexibility index (Phi) is 7.11. The molecule has 1 atom stereocenters.